The summed E-state index contributed by atoms with van der Waals surface area (Å²) < 4.78 is 7.32. The molecule has 0 aliphatic heterocycles. The third-order valence-electron chi connectivity index (χ3n) is 3.30. The molecule has 1 heterocycles. The van der Waals surface area contributed by atoms with Crippen LogP contribution in [0.4, 0.5) is 0 Å². The van der Waals surface area contributed by atoms with E-state index in [4.69, 9.17) is 10.5 Å². The van der Waals surface area contributed by atoms with Crippen LogP contribution < -0.4 is 10.5 Å². The lowest BCUT2D eigenvalue weighted by molar-refractivity contribution is 0.406. The molecule has 0 bridgehead atoms. The number of nitrogens with zero attached hydrogens (tertiary/aromatic N) is 3. The Morgan fingerprint density at radius 1 is 1.30 bits per heavy atom. The predicted octanol–water partition coefficient (Wildman–Crippen LogP) is 2.42. The van der Waals surface area contributed by atoms with Crippen molar-refractivity contribution in [3.8, 4) is 11.4 Å². The van der Waals surface area contributed by atoms with Crippen molar-refractivity contribution in [2.24, 2.45) is 5.73 Å². The third-order valence-corrected chi connectivity index (χ3v) is 3.30. The molecule has 2 N–H and O–H groups in total. The lowest BCUT2D eigenvalue weighted by Crippen LogP contribution is -2.13. The van der Waals surface area contributed by atoms with Crippen LogP contribution in [0.3, 0.4) is 0 Å². The van der Waals surface area contributed by atoms with Gasteiger partial charge in [-0.1, -0.05) is 19.9 Å². The fourth-order valence-corrected chi connectivity index (χ4v) is 2.32. The van der Waals surface area contributed by atoms with Gasteiger partial charge in [0.15, 0.2) is 5.82 Å². The highest BCUT2D eigenvalue weighted by atomic mass is 16.5. The van der Waals surface area contributed by atoms with Crippen LogP contribution in [-0.4, -0.2) is 21.9 Å². The molecule has 0 saturated heterocycles. The van der Waals surface area contributed by atoms with Gasteiger partial charge in [0.1, 0.15) is 11.6 Å². The number of nitrogens with two attached hydrogens (primary N) is 1. The number of ether oxygens (including phenoxy) is 1. The van der Waals surface area contributed by atoms with E-state index in [0.29, 0.717) is 0 Å². The zero-order valence-corrected chi connectivity index (χ0v) is 12.6. The minimum absolute atomic E-state index is 0.139. The fraction of sp³-hybridized carbons (Fsp3) is 0.467. The molecule has 0 amide bonds. The second-order valence-corrected chi connectivity index (χ2v) is 4.74. The molecule has 1 aromatic heterocycles. The predicted molar refractivity (Wildman–Crippen MR) is 79.3 cm³/mol. The molecular weight excluding hydrogens is 252 g/mol. The summed E-state index contributed by atoms with van der Waals surface area (Å²) in [5, 5.41) is 4.58. The Labute approximate surface area is 119 Å². The van der Waals surface area contributed by atoms with Crippen LogP contribution >= 0.6 is 0 Å². The standard InChI is InChI=1S/C15H22N4O/c1-5-13-17-14(6-2)19(18-13)11-8-7-9-12(20-4)15(11)10(3)16/h7-10H,5-6,16H2,1-4H3/t10-/m1/s1. The zero-order valence-electron chi connectivity index (χ0n) is 12.6. The summed E-state index contributed by atoms with van der Waals surface area (Å²) in [6.07, 6.45) is 1.64. The lowest BCUT2D eigenvalue weighted by atomic mass is 10.1. The SMILES string of the molecule is CCc1nc(CC)n(-c2cccc(OC)c2[C@@H](C)N)n1. The second kappa shape index (κ2) is 6.05. The van der Waals surface area contributed by atoms with Crippen molar-refractivity contribution in [2.75, 3.05) is 7.11 Å². The van der Waals surface area contributed by atoms with Crippen LogP contribution in [0.15, 0.2) is 18.2 Å². The summed E-state index contributed by atoms with van der Waals surface area (Å²) in [4.78, 5) is 4.55. The van der Waals surface area contributed by atoms with E-state index in [-0.39, 0.29) is 6.04 Å². The van der Waals surface area contributed by atoms with E-state index in [9.17, 15) is 0 Å². The Morgan fingerprint density at radius 3 is 2.60 bits per heavy atom. The monoisotopic (exact) mass is 274 g/mol. The van der Waals surface area contributed by atoms with Gasteiger partial charge in [0.05, 0.1) is 12.8 Å². The highest BCUT2D eigenvalue weighted by molar-refractivity contribution is 5.51. The Kier molecular flexibility index (Phi) is 4.39. The number of hydrogen-bond donors (Lipinski definition) is 1. The van der Waals surface area contributed by atoms with E-state index in [1.54, 1.807) is 7.11 Å². The van der Waals surface area contributed by atoms with Crippen LogP contribution in [0.25, 0.3) is 5.69 Å². The van der Waals surface area contributed by atoms with Gasteiger partial charge < -0.3 is 10.5 Å². The maximum absolute atomic E-state index is 6.12. The van der Waals surface area contributed by atoms with E-state index in [1.807, 2.05) is 29.8 Å². The molecule has 0 radical (unpaired) electrons. The van der Waals surface area contributed by atoms with Crippen LogP contribution in [0.1, 0.15) is 44.0 Å². The molecule has 0 spiro atoms. The van der Waals surface area contributed by atoms with Gasteiger partial charge in [-0.05, 0) is 19.1 Å². The summed E-state index contributed by atoms with van der Waals surface area (Å²) >= 11 is 0. The van der Waals surface area contributed by atoms with E-state index in [0.717, 1.165) is 41.5 Å². The number of benzene rings is 1. The molecule has 1 atom stereocenters. The fourth-order valence-electron chi connectivity index (χ4n) is 2.32. The topological polar surface area (TPSA) is 66.0 Å². The molecule has 20 heavy (non-hydrogen) atoms. The van der Waals surface area contributed by atoms with E-state index >= 15 is 0 Å². The van der Waals surface area contributed by atoms with Crippen LogP contribution in [0.5, 0.6) is 5.75 Å². The average Bonchev–Trinajstić information content (AvgIpc) is 2.89. The minimum atomic E-state index is -0.139. The van der Waals surface area contributed by atoms with Gasteiger partial charge in [-0.15, -0.1) is 0 Å². The van der Waals surface area contributed by atoms with Crippen molar-refractivity contribution >= 4 is 0 Å². The van der Waals surface area contributed by atoms with Gasteiger partial charge in [0, 0.05) is 24.4 Å². The molecule has 108 valence electrons. The first-order chi connectivity index (χ1) is 9.62. The number of hydrogen-bond acceptors (Lipinski definition) is 4. The number of rotatable bonds is 5. The smallest absolute Gasteiger partial charge is 0.151 e. The number of aryl methyl sites for hydroxylation is 2. The van der Waals surface area contributed by atoms with E-state index in [2.05, 4.69) is 23.9 Å². The molecule has 5 heteroatoms. The Morgan fingerprint density at radius 2 is 2.05 bits per heavy atom. The van der Waals surface area contributed by atoms with Crippen molar-refractivity contribution in [1.82, 2.24) is 14.8 Å². The summed E-state index contributed by atoms with van der Waals surface area (Å²) in [5.74, 6) is 2.57. The number of aromatic nitrogens is 3. The first-order valence-electron chi connectivity index (χ1n) is 7.00. The summed E-state index contributed by atoms with van der Waals surface area (Å²) in [5.41, 5.74) is 8.02. The molecule has 5 nitrogen and oxygen atoms in total. The highest BCUT2D eigenvalue weighted by Crippen LogP contribution is 2.30. The Hall–Kier alpha value is -1.88. The minimum Gasteiger partial charge on any atom is -0.496 e. The Bertz CT molecular complexity index is 590. The average molecular weight is 274 g/mol. The van der Waals surface area contributed by atoms with Crippen molar-refractivity contribution in [2.45, 2.75) is 39.7 Å². The summed E-state index contributed by atoms with van der Waals surface area (Å²) in [6, 6.07) is 5.74. The largest absolute Gasteiger partial charge is 0.496 e. The maximum atomic E-state index is 6.12. The van der Waals surface area contributed by atoms with E-state index < -0.39 is 0 Å². The zero-order chi connectivity index (χ0) is 14.7. The lowest BCUT2D eigenvalue weighted by Gasteiger charge is -2.17. The van der Waals surface area contributed by atoms with Gasteiger partial charge >= 0.3 is 0 Å². The number of methoxy groups -OCH3 is 1. The van der Waals surface area contributed by atoms with Crippen molar-refractivity contribution in [1.29, 1.82) is 0 Å². The van der Waals surface area contributed by atoms with Gasteiger partial charge in [0.25, 0.3) is 0 Å². The van der Waals surface area contributed by atoms with Crippen LogP contribution in [0.2, 0.25) is 0 Å². The van der Waals surface area contributed by atoms with E-state index in [1.165, 1.54) is 0 Å². The molecular formula is C15H22N4O. The third kappa shape index (κ3) is 2.54. The van der Waals surface area contributed by atoms with Crippen molar-refractivity contribution in [3.63, 3.8) is 0 Å². The van der Waals surface area contributed by atoms with Crippen molar-refractivity contribution < 1.29 is 4.74 Å². The molecule has 2 aromatic rings. The molecule has 0 aliphatic carbocycles. The van der Waals surface area contributed by atoms with Gasteiger partial charge in [-0.3, -0.25) is 0 Å². The summed E-state index contributed by atoms with van der Waals surface area (Å²) in [7, 11) is 1.66. The quantitative estimate of drug-likeness (QED) is 0.909. The van der Waals surface area contributed by atoms with Crippen molar-refractivity contribution in [3.05, 3.63) is 35.4 Å². The highest BCUT2D eigenvalue weighted by Gasteiger charge is 2.18. The molecule has 0 saturated carbocycles. The molecule has 1 aromatic carbocycles. The van der Waals surface area contributed by atoms with Crippen LogP contribution in [-0.2, 0) is 12.8 Å². The van der Waals surface area contributed by atoms with Crippen LogP contribution in [0, 0.1) is 0 Å². The van der Waals surface area contributed by atoms with Gasteiger partial charge in [0.2, 0.25) is 0 Å². The normalized spacial score (nSPS) is 12.4. The Balaban J connectivity index is 2.65. The maximum Gasteiger partial charge on any atom is 0.151 e. The first kappa shape index (κ1) is 14.5. The second-order valence-electron chi connectivity index (χ2n) is 4.74. The van der Waals surface area contributed by atoms with Gasteiger partial charge in [-0.25, -0.2) is 9.67 Å². The summed E-state index contributed by atoms with van der Waals surface area (Å²) in [6.45, 7) is 6.08. The molecule has 0 fully saturated rings. The molecule has 0 unspecified atom stereocenters. The first-order valence-corrected chi connectivity index (χ1v) is 7.00. The molecule has 2 rings (SSSR count). The molecule has 0 aliphatic rings. The van der Waals surface area contributed by atoms with Gasteiger partial charge in [-0.2, -0.15) is 5.10 Å².